The third kappa shape index (κ3) is 8.01. The van der Waals surface area contributed by atoms with Gasteiger partial charge in [0.15, 0.2) is 0 Å². The van der Waals surface area contributed by atoms with Crippen LogP contribution in [0.15, 0.2) is 47.0 Å². The van der Waals surface area contributed by atoms with Crippen molar-refractivity contribution in [3.63, 3.8) is 0 Å². The molecule has 0 aliphatic heterocycles. The maximum Gasteiger partial charge on any atom is 0.303 e. The summed E-state index contributed by atoms with van der Waals surface area (Å²) in [7, 11) is 0. The lowest BCUT2D eigenvalue weighted by atomic mass is 9.86. The number of rotatable bonds is 11. The molecular formula is C25H35BrO4. The van der Waals surface area contributed by atoms with Crippen molar-refractivity contribution in [2.75, 3.05) is 0 Å². The Labute approximate surface area is 188 Å². The van der Waals surface area contributed by atoms with Gasteiger partial charge in [-0.25, -0.2) is 0 Å². The van der Waals surface area contributed by atoms with Crippen molar-refractivity contribution in [1.29, 1.82) is 0 Å². The molecule has 0 saturated heterocycles. The number of aliphatic hydroxyl groups excluding tert-OH is 2. The van der Waals surface area contributed by atoms with Gasteiger partial charge in [-0.3, -0.25) is 4.79 Å². The molecule has 1 saturated carbocycles. The molecular weight excluding hydrogens is 444 g/mol. The smallest absolute Gasteiger partial charge is 0.303 e. The van der Waals surface area contributed by atoms with E-state index in [-0.39, 0.29) is 24.4 Å². The molecule has 0 spiro atoms. The van der Waals surface area contributed by atoms with Gasteiger partial charge in [0.1, 0.15) is 0 Å². The molecule has 5 heteroatoms. The van der Waals surface area contributed by atoms with Crippen molar-refractivity contribution < 1.29 is 20.1 Å². The highest BCUT2D eigenvalue weighted by molar-refractivity contribution is 9.10. The van der Waals surface area contributed by atoms with Crippen LogP contribution in [0.1, 0.15) is 56.6 Å². The van der Waals surface area contributed by atoms with Crippen LogP contribution in [0, 0.1) is 24.7 Å². The number of hydrogen-bond donors (Lipinski definition) is 3. The molecule has 1 unspecified atom stereocenters. The zero-order valence-corrected chi connectivity index (χ0v) is 19.6. The molecule has 3 N–H and O–H groups in total. The summed E-state index contributed by atoms with van der Waals surface area (Å²) in [6.45, 7) is 4.23. The highest BCUT2D eigenvalue weighted by Crippen LogP contribution is 2.40. The monoisotopic (exact) mass is 478 g/mol. The van der Waals surface area contributed by atoms with Crippen LogP contribution in [0.2, 0.25) is 0 Å². The molecule has 2 rings (SSSR count). The Kier molecular flexibility index (Phi) is 10.3. The molecule has 0 amide bonds. The Balaban J connectivity index is 1.84. The fourth-order valence-corrected chi connectivity index (χ4v) is 4.56. The number of unbranched alkanes of at least 4 members (excludes halogenated alkanes) is 1. The van der Waals surface area contributed by atoms with E-state index in [2.05, 4.69) is 54.1 Å². The van der Waals surface area contributed by atoms with E-state index in [9.17, 15) is 15.0 Å². The van der Waals surface area contributed by atoms with Gasteiger partial charge in [-0.05, 0) is 80.4 Å². The van der Waals surface area contributed by atoms with Gasteiger partial charge in [-0.15, -0.1) is 0 Å². The number of carbonyl (C=O) groups is 1. The molecule has 0 bridgehead atoms. The molecule has 0 heterocycles. The van der Waals surface area contributed by atoms with Gasteiger partial charge < -0.3 is 15.3 Å². The van der Waals surface area contributed by atoms with Crippen LogP contribution in [0.4, 0.5) is 0 Å². The molecule has 5 atom stereocenters. The summed E-state index contributed by atoms with van der Waals surface area (Å²) in [6, 6.07) is 6.28. The quantitative estimate of drug-likeness (QED) is 0.292. The lowest BCUT2D eigenvalue weighted by Gasteiger charge is -2.20. The molecule has 0 aromatic heterocycles. The maximum atomic E-state index is 10.6. The zero-order valence-electron chi connectivity index (χ0n) is 18.0. The van der Waals surface area contributed by atoms with Gasteiger partial charge >= 0.3 is 5.97 Å². The van der Waals surface area contributed by atoms with Gasteiger partial charge in [-0.2, -0.15) is 0 Å². The number of aryl methyl sites for hydroxylation is 2. The van der Waals surface area contributed by atoms with Crippen LogP contribution in [-0.4, -0.2) is 33.5 Å². The fourth-order valence-electron chi connectivity index (χ4n) is 4.31. The summed E-state index contributed by atoms with van der Waals surface area (Å²) < 4.78 is 1.10. The topological polar surface area (TPSA) is 77.8 Å². The van der Waals surface area contributed by atoms with Crippen LogP contribution in [0.3, 0.4) is 0 Å². The standard InChI is InChI=1S/C25H35BrO4/c1-17-16-24(28)22(7-5-3-4-6-8-25(29)30)21(17)13-12-20(27)11-9-19-10-14-23(26)18(2)15-19/h3,5,10,12-15,17,20-22,24,27-28H,4,6-9,11,16H2,1-2H3,(H,29,30)/b5-3-,13-12+/t17-,20+,21+,22-,24?/m1/s1. The predicted molar refractivity (Wildman–Crippen MR) is 124 cm³/mol. The van der Waals surface area contributed by atoms with Crippen molar-refractivity contribution in [2.45, 2.75) is 71.0 Å². The summed E-state index contributed by atoms with van der Waals surface area (Å²) >= 11 is 3.51. The number of carboxylic acid groups (broad SMARTS) is 1. The average Bonchev–Trinajstić information content (AvgIpc) is 2.96. The summed E-state index contributed by atoms with van der Waals surface area (Å²) in [4.78, 5) is 10.6. The van der Waals surface area contributed by atoms with Gasteiger partial charge in [0.2, 0.25) is 0 Å². The molecule has 4 nitrogen and oxygen atoms in total. The first kappa shape index (κ1) is 24.8. The van der Waals surface area contributed by atoms with Crippen LogP contribution >= 0.6 is 15.9 Å². The van der Waals surface area contributed by atoms with E-state index in [1.165, 1.54) is 11.1 Å². The van der Waals surface area contributed by atoms with Crippen molar-refractivity contribution in [2.24, 2.45) is 17.8 Å². The second-order valence-corrected chi connectivity index (χ2v) is 9.44. The molecule has 1 aromatic carbocycles. The molecule has 1 aromatic rings. The maximum absolute atomic E-state index is 10.6. The third-order valence-corrected chi connectivity index (χ3v) is 6.99. The minimum atomic E-state index is -0.762. The zero-order chi connectivity index (χ0) is 22.1. The third-order valence-electron chi connectivity index (χ3n) is 6.10. The number of hydrogen-bond acceptors (Lipinski definition) is 3. The van der Waals surface area contributed by atoms with E-state index < -0.39 is 12.1 Å². The number of carboxylic acids is 1. The molecule has 166 valence electrons. The van der Waals surface area contributed by atoms with Gasteiger partial charge in [0.05, 0.1) is 12.2 Å². The van der Waals surface area contributed by atoms with Gasteiger partial charge in [-0.1, -0.05) is 59.3 Å². The minimum Gasteiger partial charge on any atom is -0.481 e. The summed E-state index contributed by atoms with van der Waals surface area (Å²) in [5, 5.41) is 29.6. The summed E-state index contributed by atoms with van der Waals surface area (Å²) in [5.41, 5.74) is 2.42. The fraction of sp³-hybridized carbons (Fsp3) is 0.560. The minimum absolute atomic E-state index is 0.147. The number of aliphatic carboxylic acids is 1. The highest BCUT2D eigenvalue weighted by Gasteiger charge is 2.37. The van der Waals surface area contributed by atoms with E-state index in [0.29, 0.717) is 18.8 Å². The second-order valence-electron chi connectivity index (χ2n) is 8.59. The first-order valence-corrected chi connectivity index (χ1v) is 11.7. The van der Waals surface area contributed by atoms with Crippen LogP contribution in [0.25, 0.3) is 0 Å². The Bertz CT molecular complexity index is 743. The highest BCUT2D eigenvalue weighted by atomic mass is 79.9. The Morgan fingerprint density at radius 2 is 2.10 bits per heavy atom. The summed E-state index contributed by atoms with van der Waals surface area (Å²) in [5.74, 6) is 0.00647. The van der Waals surface area contributed by atoms with E-state index in [0.717, 1.165) is 30.2 Å². The molecule has 0 radical (unpaired) electrons. The first-order chi connectivity index (χ1) is 14.3. The van der Waals surface area contributed by atoms with Crippen LogP contribution in [0.5, 0.6) is 0 Å². The SMILES string of the molecule is Cc1cc(CC[C@H](O)/C=C/[C@H]2[C@H](C)CC(O)[C@@H]2C/C=C\CCCC(=O)O)ccc1Br. The van der Waals surface area contributed by atoms with E-state index in [1.54, 1.807) is 0 Å². The van der Waals surface area contributed by atoms with E-state index >= 15 is 0 Å². The average molecular weight is 479 g/mol. The Morgan fingerprint density at radius 1 is 1.33 bits per heavy atom. The van der Waals surface area contributed by atoms with Gasteiger partial charge in [0.25, 0.3) is 0 Å². The predicted octanol–water partition coefficient (Wildman–Crippen LogP) is 5.44. The molecule has 30 heavy (non-hydrogen) atoms. The van der Waals surface area contributed by atoms with Crippen LogP contribution < -0.4 is 0 Å². The lowest BCUT2D eigenvalue weighted by molar-refractivity contribution is -0.137. The van der Waals surface area contributed by atoms with E-state index in [1.807, 2.05) is 18.2 Å². The Hall–Kier alpha value is -1.43. The second kappa shape index (κ2) is 12.4. The van der Waals surface area contributed by atoms with Crippen molar-refractivity contribution in [3.8, 4) is 0 Å². The lowest BCUT2D eigenvalue weighted by Crippen LogP contribution is -2.18. The van der Waals surface area contributed by atoms with Crippen molar-refractivity contribution in [3.05, 3.63) is 58.1 Å². The van der Waals surface area contributed by atoms with Crippen molar-refractivity contribution in [1.82, 2.24) is 0 Å². The summed E-state index contributed by atoms with van der Waals surface area (Å²) in [6.07, 6.45) is 11.9. The number of aliphatic hydroxyl groups is 2. The number of halogens is 1. The molecule has 1 aliphatic rings. The first-order valence-electron chi connectivity index (χ1n) is 10.9. The van der Waals surface area contributed by atoms with E-state index in [4.69, 9.17) is 5.11 Å². The number of benzene rings is 1. The normalized spacial score (nSPS) is 25.4. The van der Waals surface area contributed by atoms with Crippen molar-refractivity contribution >= 4 is 21.9 Å². The number of allylic oxidation sites excluding steroid dienone is 3. The van der Waals surface area contributed by atoms with Crippen LogP contribution in [-0.2, 0) is 11.2 Å². The molecule has 1 fully saturated rings. The molecule has 1 aliphatic carbocycles. The largest absolute Gasteiger partial charge is 0.481 e. The van der Waals surface area contributed by atoms with Gasteiger partial charge in [0, 0.05) is 10.9 Å². The Morgan fingerprint density at radius 3 is 2.80 bits per heavy atom.